The van der Waals surface area contributed by atoms with Crippen molar-refractivity contribution in [1.82, 2.24) is 15.4 Å². The molecule has 2 fully saturated rings. The van der Waals surface area contributed by atoms with Crippen LogP contribution in [-0.4, -0.2) is 41.1 Å². The maximum Gasteiger partial charge on any atom is 0.229 e. The van der Waals surface area contributed by atoms with Crippen LogP contribution in [0.2, 0.25) is 0 Å². The molecule has 1 aromatic carbocycles. The molecule has 1 N–H and O–H groups in total. The summed E-state index contributed by atoms with van der Waals surface area (Å²) in [6.45, 7) is 1.70. The number of para-hydroxylation sites is 1. The van der Waals surface area contributed by atoms with Gasteiger partial charge in [0.05, 0.1) is 6.42 Å². The number of amides is 1. The predicted octanol–water partition coefficient (Wildman–Crippen LogP) is 0.943. The zero-order valence-electron chi connectivity index (χ0n) is 10.5. The first kappa shape index (κ1) is 11.0. The van der Waals surface area contributed by atoms with Crippen molar-refractivity contribution in [3.8, 4) is 0 Å². The Morgan fingerprint density at radius 2 is 2.37 bits per heavy atom. The fourth-order valence-corrected chi connectivity index (χ4v) is 2.90. The quantitative estimate of drug-likeness (QED) is 0.870. The van der Waals surface area contributed by atoms with Crippen molar-refractivity contribution < 1.29 is 9.32 Å². The molecule has 2 aromatic rings. The van der Waals surface area contributed by atoms with Gasteiger partial charge in [0.15, 0.2) is 5.58 Å². The molecule has 2 heterocycles. The smallest absolute Gasteiger partial charge is 0.229 e. The highest BCUT2D eigenvalue weighted by Crippen LogP contribution is 2.31. The Bertz CT molecular complexity index is 636. The van der Waals surface area contributed by atoms with Gasteiger partial charge in [-0.3, -0.25) is 4.79 Å². The highest BCUT2D eigenvalue weighted by Gasteiger charge is 2.46. The second kappa shape index (κ2) is 4.06. The van der Waals surface area contributed by atoms with Gasteiger partial charge in [0, 0.05) is 30.6 Å². The molecule has 1 saturated carbocycles. The maximum absolute atomic E-state index is 12.4. The summed E-state index contributed by atoms with van der Waals surface area (Å²) < 4.78 is 5.24. The van der Waals surface area contributed by atoms with Crippen LogP contribution in [0.4, 0.5) is 0 Å². The van der Waals surface area contributed by atoms with Crippen molar-refractivity contribution in [3.63, 3.8) is 0 Å². The van der Waals surface area contributed by atoms with E-state index in [2.05, 4.69) is 10.5 Å². The zero-order chi connectivity index (χ0) is 12.8. The van der Waals surface area contributed by atoms with Gasteiger partial charge in [-0.1, -0.05) is 17.3 Å². The Morgan fingerprint density at radius 3 is 3.32 bits per heavy atom. The number of aromatic nitrogens is 1. The Hall–Kier alpha value is -1.88. The summed E-state index contributed by atoms with van der Waals surface area (Å²) in [5, 5.41) is 8.37. The summed E-state index contributed by atoms with van der Waals surface area (Å²) in [7, 11) is 0. The van der Waals surface area contributed by atoms with Crippen LogP contribution >= 0.6 is 0 Å². The van der Waals surface area contributed by atoms with Crippen molar-refractivity contribution in [3.05, 3.63) is 30.0 Å². The van der Waals surface area contributed by atoms with Gasteiger partial charge in [-0.2, -0.15) is 0 Å². The highest BCUT2D eigenvalue weighted by molar-refractivity contribution is 5.86. The lowest BCUT2D eigenvalue weighted by atomic mass is 10.1. The normalized spacial score (nSPS) is 25.4. The highest BCUT2D eigenvalue weighted by atomic mass is 16.5. The summed E-state index contributed by atoms with van der Waals surface area (Å²) >= 11 is 0. The van der Waals surface area contributed by atoms with E-state index in [9.17, 15) is 4.79 Å². The molecule has 1 aliphatic heterocycles. The first-order chi connectivity index (χ1) is 9.33. The molecule has 0 bridgehead atoms. The molecule has 1 saturated heterocycles. The predicted molar refractivity (Wildman–Crippen MR) is 69.6 cm³/mol. The van der Waals surface area contributed by atoms with Crippen LogP contribution in [0.5, 0.6) is 0 Å². The monoisotopic (exact) mass is 257 g/mol. The number of carbonyl (C=O) groups excluding carboxylic acids is 1. The maximum atomic E-state index is 12.4. The molecule has 1 amide bonds. The third-order valence-electron chi connectivity index (χ3n) is 4.01. The molecule has 19 heavy (non-hydrogen) atoms. The fraction of sp³-hybridized carbons (Fsp3) is 0.429. The molecular weight excluding hydrogens is 242 g/mol. The lowest BCUT2D eigenvalue weighted by Gasteiger charge is -2.27. The number of nitrogens with zero attached hydrogens (tertiary/aromatic N) is 2. The first-order valence-corrected chi connectivity index (χ1v) is 6.69. The second-order valence-electron chi connectivity index (χ2n) is 5.25. The summed E-state index contributed by atoms with van der Waals surface area (Å²) in [6, 6.07) is 8.59. The van der Waals surface area contributed by atoms with Crippen molar-refractivity contribution >= 4 is 16.9 Å². The van der Waals surface area contributed by atoms with E-state index >= 15 is 0 Å². The molecule has 2 unspecified atom stereocenters. The number of nitrogens with one attached hydrogen (secondary N) is 1. The number of piperazine rings is 1. The van der Waals surface area contributed by atoms with Gasteiger partial charge in [-0.25, -0.2) is 0 Å². The van der Waals surface area contributed by atoms with Crippen LogP contribution in [0, 0.1) is 0 Å². The van der Waals surface area contributed by atoms with Gasteiger partial charge >= 0.3 is 0 Å². The van der Waals surface area contributed by atoms with Crippen LogP contribution in [0.15, 0.2) is 28.8 Å². The van der Waals surface area contributed by atoms with E-state index in [4.69, 9.17) is 4.52 Å². The van der Waals surface area contributed by atoms with E-state index in [0.29, 0.717) is 18.5 Å². The van der Waals surface area contributed by atoms with Crippen LogP contribution < -0.4 is 5.32 Å². The largest absolute Gasteiger partial charge is 0.356 e. The van der Waals surface area contributed by atoms with Crippen molar-refractivity contribution in [2.75, 3.05) is 13.1 Å². The van der Waals surface area contributed by atoms with Crippen molar-refractivity contribution in [2.24, 2.45) is 0 Å². The van der Waals surface area contributed by atoms with Gasteiger partial charge in [0.25, 0.3) is 0 Å². The third kappa shape index (κ3) is 1.81. The number of benzene rings is 1. The topological polar surface area (TPSA) is 58.4 Å². The average molecular weight is 257 g/mol. The van der Waals surface area contributed by atoms with Crippen molar-refractivity contribution in [2.45, 2.75) is 24.9 Å². The molecule has 1 aliphatic carbocycles. The minimum atomic E-state index is 0.160. The molecule has 0 radical (unpaired) electrons. The molecule has 1 aromatic heterocycles. The molecule has 5 heteroatoms. The van der Waals surface area contributed by atoms with Crippen LogP contribution in [0.25, 0.3) is 11.0 Å². The third-order valence-corrected chi connectivity index (χ3v) is 4.01. The van der Waals surface area contributed by atoms with E-state index in [1.54, 1.807) is 0 Å². The molecule has 2 atom stereocenters. The van der Waals surface area contributed by atoms with Crippen molar-refractivity contribution in [1.29, 1.82) is 0 Å². The minimum absolute atomic E-state index is 0.160. The molecule has 4 rings (SSSR count). The van der Waals surface area contributed by atoms with E-state index < -0.39 is 0 Å². The van der Waals surface area contributed by atoms with Gasteiger partial charge in [-0.15, -0.1) is 0 Å². The zero-order valence-corrected chi connectivity index (χ0v) is 10.5. The first-order valence-electron chi connectivity index (χ1n) is 6.69. The van der Waals surface area contributed by atoms with Gasteiger partial charge in [0.2, 0.25) is 5.91 Å². The van der Waals surface area contributed by atoms with Crippen LogP contribution in [-0.2, 0) is 11.2 Å². The fourth-order valence-electron chi connectivity index (χ4n) is 2.90. The Morgan fingerprint density at radius 1 is 1.47 bits per heavy atom. The lowest BCUT2D eigenvalue weighted by Crippen LogP contribution is -2.47. The van der Waals surface area contributed by atoms with Crippen LogP contribution in [0.3, 0.4) is 0 Å². The summed E-state index contributed by atoms with van der Waals surface area (Å²) in [4.78, 5) is 14.4. The molecule has 2 aliphatic rings. The lowest BCUT2D eigenvalue weighted by molar-refractivity contribution is -0.131. The summed E-state index contributed by atoms with van der Waals surface area (Å²) in [5.74, 6) is 0.160. The molecule has 5 nitrogen and oxygen atoms in total. The van der Waals surface area contributed by atoms with E-state index in [1.165, 1.54) is 0 Å². The number of carbonyl (C=O) groups is 1. The summed E-state index contributed by atoms with van der Waals surface area (Å²) in [6.07, 6.45) is 1.42. The van der Waals surface area contributed by atoms with Crippen LogP contribution in [0.1, 0.15) is 12.1 Å². The van der Waals surface area contributed by atoms with E-state index in [0.717, 1.165) is 36.2 Å². The number of hydrogen-bond acceptors (Lipinski definition) is 4. The number of fused-ring (bicyclic) bond motifs is 2. The Kier molecular flexibility index (Phi) is 2.35. The Balaban J connectivity index is 1.56. The molecule has 0 spiro atoms. The van der Waals surface area contributed by atoms with E-state index in [1.807, 2.05) is 29.2 Å². The average Bonchev–Trinajstić information content (AvgIpc) is 3.14. The minimum Gasteiger partial charge on any atom is -0.356 e. The van der Waals surface area contributed by atoms with Gasteiger partial charge in [-0.05, 0) is 18.6 Å². The van der Waals surface area contributed by atoms with Gasteiger partial charge in [0.1, 0.15) is 5.69 Å². The summed E-state index contributed by atoms with van der Waals surface area (Å²) in [5.41, 5.74) is 1.49. The van der Waals surface area contributed by atoms with E-state index in [-0.39, 0.29) is 5.91 Å². The number of rotatable bonds is 2. The Labute approximate surface area is 110 Å². The second-order valence-corrected chi connectivity index (χ2v) is 5.25. The van der Waals surface area contributed by atoms with Gasteiger partial charge < -0.3 is 14.7 Å². The standard InChI is InChI=1S/C14H15N3O2/c18-14(17-6-5-15-11-7-12(11)17)8-10-9-3-1-2-4-13(9)19-16-10/h1-4,11-12,15H,5-8H2. The SMILES string of the molecule is O=C(Cc1noc2ccccc12)N1CCNC2CC21. The molecular formula is C14H15N3O2. The molecule has 98 valence electrons. The number of hydrogen-bond donors (Lipinski definition) is 1.